The third kappa shape index (κ3) is 2.85. The molecule has 0 radical (unpaired) electrons. The van der Waals surface area contributed by atoms with E-state index in [1.807, 2.05) is 0 Å². The molecule has 0 atom stereocenters. The summed E-state index contributed by atoms with van der Waals surface area (Å²) in [5, 5.41) is 0. The molecule has 0 saturated carbocycles. The Morgan fingerprint density at radius 2 is 1.90 bits per heavy atom. The van der Waals surface area contributed by atoms with Gasteiger partial charge in [-0.25, -0.2) is 4.39 Å². The van der Waals surface area contributed by atoms with Gasteiger partial charge in [0.2, 0.25) is 0 Å². The van der Waals surface area contributed by atoms with Gasteiger partial charge in [-0.15, -0.1) is 0 Å². The number of anilines is 1. The molecule has 110 valence electrons. The number of ether oxygens (including phenoxy) is 2. The number of benzene rings is 2. The molecule has 0 fully saturated rings. The van der Waals surface area contributed by atoms with Gasteiger partial charge in [0.05, 0.1) is 25.5 Å². The van der Waals surface area contributed by atoms with E-state index in [0.29, 0.717) is 21.5 Å². The maximum Gasteiger partial charge on any atom is 0.196 e. The molecule has 0 spiro atoms. The lowest BCUT2D eigenvalue weighted by Gasteiger charge is -2.13. The number of carbonyl (C=O) groups excluding carboxylic acids is 1. The number of hydrogen-bond donors (Lipinski definition) is 1. The predicted molar refractivity (Wildman–Crippen MR) is 81.5 cm³/mol. The second-order valence-corrected chi connectivity index (χ2v) is 5.02. The number of hydrogen-bond acceptors (Lipinski definition) is 4. The van der Waals surface area contributed by atoms with E-state index in [1.54, 1.807) is 12.1 Å². The minimum absolute atomic E-state index is 0.00516. The second-order valence-electron chi connectivity index (χ2n) is 4.23. The number of carbonyl (C=O) groups is 1. The van der Waals surface area contributed by atoms with Crippen LogP contribution in [0.1, 0.15) is 15.9 Å². The maximum atomic E-state index is 13.5. The van der Waals surface area contributed by atoms with Crippen LogP contribution in [0.2, 0.25) is 0 Å². The Hall–Kier alpha value is -2.08. The highest BCUT2D eigenvalue weighted by molar-refractivity contribution is 9.10. The number of nitrogens with two attached hydrogens (primary N) is 1. The highest BCUT2D eigenvalue weighted by atomic mass is 79.9. The molecule has 0 aromatic heterocycles. The van der Waals surface area contributed by atoms with Crippen molar-refractivity contribution < 1.29 is 18.7 Å². The van der Waals surface area contributed by atoms with Crippen LogP contribution < -0.4 is 15.2 Å². The van der Waals surface area contributed by atoms with Gasteiger partial charge in [-0.3, -0.25) is 4.79 Å². The molecular formula is C15H13BrFNO3. The second kappa shape index (κ2) is 6.13. The first-order valence-corrected chi connectivity index (χ1v) is 6.79. The first-order valence-electron chi connectivity index (χ1n) is 5.99. The lowest BCUT2D eigenvalue weighted by Crippen LogP contribution is -2.06. The van der Waals surface area contributed by atoms with Crippen LogP contribution in [0.15, 0.2) is 34.8 Å². The Labute approximate surface area is 129 Å². The van der Waals surface area contributed by atoms with Crippen molar-refractivity contribution in [2.75, 3.05) is 20.0 Å². The summed E-state index contributed by atoms with van der Waals surface area (Å²) < 4.78 is 24.4. The molecular weight excluding hydrogens is 341 g/mol. The van der Waals surface area contributed by atoms with Crippen LogP contribution in [0.25, 0.3) is 0 Å². The molecule has 0 heterocycles. The normalized spacial score (nSPS) is 10.3. The van der Waals surface area contributed by atoms with Gasteiger partial charge in [0.15, 0.2) is 5.78 Å². The monoisotopic (exact) mass is 353 g/mol. The van der Waals surface area contributed by atoms with Gasteiger partial charge in [-0.1, -0.05) is 0 Å². The summed E-state index contributed by atoms with van der Waals surface area (Å²) in [6.07, 6.45) is 0. The van der Waals surface area contributed by atoms with Gasteiger partial charge in [0.1, 0.15) is 21.8 Å². The average Bonchev–Trinajstić information content (AvgIpc) is 2.49. The predicted octanol–water partition coefficient (Wildman–Crippen LogP) is 3.42. The lowest BCUT2D eigenvalue weighted by molar-refractivity contribution is 0.103. The topological polar surface area (TPSA) is 61.5 Å². The molecule has 4 nitrogen and oxygen atoms in total. The zero-order valence-electron chi connectivity index (χ0n) is 11.4. The highest BCUT2D eigenvalue weighted by Crippen LogP contribution is 2.38. The zero-order valence-corrected chi connectivity index (χ0v) is 13.0. The van der Waals surface area contributed by atoms with Crippen LogP contribution >= 0.6 is 15.9 Å². The summed E-state index contributed by atoms with van der Waals surface area (Å²) in [5.41, 5.74) is 5.90. The average molecular weight is 354 g/mol. The largest absolute Gasteiger partial charge is 0.495 e. The molecule has 21 heavy (non-hydrogen) atoms. The van der Waals surface area contributed by atoms with E-state index in [9.17, 15) is 9.18 Å². The molecule has 0 bridgehead atoms. The van der Waals surface area contributed by atoms with Crippen molar-refractivity contribution in [2.45, 2.75) is 0 Å². The Kier molecular flexibility index (Phi) is 4.47. The smallest absolute Gasteiger partial charge is 0.196 e. The molecule has 0 aliphatic heterocycles. The van der Waals surface area contributed by atoms with Gasteiger partial charge in [0, 0.05) is 5.56 Å². The molecule has 2 aromatic carbocycles. The first kappa shape index (κ1) is 15.3. The van der Waals surface area contributed by atoms with E-state index in [2.05, 4.69) is 15.9 Å². The van der Waals surface area contributed by atoms with Crippen molar-refractivity contribution in [3.63, 3.8) is 0 Å². The van der Waals surface area contributed by atoms with Crippen molar-refractivity contribution in [1.82, 2.24) is 0 Å². The van der Waals surface area contributed by atoms with Gasteiger partial charge >= 0.3 is 0 Å². The third-order valence-electron chi connectivity index (χ3n) is 2.99. The fraction of sp³-hybridized carbons (Fsp3) is 0.133. The molecule has 2 aromatic rings. The fourth-order valence-corrected chi connectivity index (χ4v) is 2.57. The lowest BCUT2D eigenvalue weighted by atomic mass is 10.0. The van der Waals surface area contributed by atoms with Gasteiger partial charge in [-0.05, 0) is 46.3 Å². The highest BCUT2D eigenvalue weighted by Gasteiger charge is 2.20. The Morgan fingerprint density at radius 1 is 1.19 bits per heavy atom. The Bertz CT molecular complexity index is 704. The summed E-state index contributed by atoms with van der Waals surface area (Å²) in [7, 11) is 2.95. The van der Waals surface area contributed by atoms with E-state index in [0.717, 1.165) is 6.07 Å². The fourth-order valence-electron chi connectivity index (χ4n) is 1.90. The Balaban J connectivity index is 2.52. The maximum absolute atomic E-state index is 13.5. The van der Waals surface area contributed by atoms with E-state index < -0.39 is 5.82 Å². The van der Waals surface area contributed by atoms with Crippen molar-refractivity contribution in [3.05, 3.63) is 51.7 Å². The van der Waals surface area contributed by atoms with E-state index in [4.69, 9.17) is 15.2 Å². The van der Waals surface area contributed by atoms with Gasteiger partial charge in [-0.2, -0.15) is 0 Å². The molecule has 0 amide bonds. The molecule has 2 rings (SSSR count). The van der Waals surface area contributed by atoms with Crippen LogP contribution in [-0.2, 0) is 0 Å². The van der Waals surface area contributed by atoms with Crippen LogP contribution in [0, 0.1) is 5.82 Å². The summed E-state index contributed by atoms with van der Waals surface area (Å²) in [6.45, 7) is 0. The SMILES string of the molecule is COc1ccc(C(=O)c2ccc(N)c(F)c2)c(OC)c1Br. The van der Waals surface area contributed by atoms with Crippen LogP contribution in [0.5, 0.6) is 11.5 Å². The van der Waals surface area contributed by atoms with Crippen molar-refractivity contribution in [1.29, 1.82) is 0 Å². The van der Waals surface area contributed by atoms with E-state index in [-0.39, 0.29) is 17.0 Å². The van der Waals surface area contributed by atoms with Gasteiger partial charge in [0.25, 0.3) is 0 Å². The summed E-state index contributed by atoms with van der Waals surface area (Å²) in [4.78, 5) is 12.5. The van der Waals surface area contributed by atoms with Crippen molar-refractivity contribution >= 4 is 27.4 Å². The molecule has 0 aliphatic carbocycles. The molecule has 6 heteroatoms. The Morgan fingerprint density at radius 3 is 2.48 bits per heavy atom. The quantitative estimate of drug-likeness (QED) is 0.675. The summed E-state index contributed by atoms with van der Waals surface area (Å²) in [6, 6.07) is 7.13. The number of halogens is 2. The minimum Gasteiger partial charge on any atom is -0.495 e. The van der Waals surface area contributed by atoms with Crippen molar-refractivity contribution in [3.8, 4) is 11.5 Å². The third-order valence-corrected chi connectivity index (χ3v) is 3.74. The number of methoxy groups -OCH3 is 2. The zero-order chi connectivity index (χ0) is 15.6. The summed E-state index contributed by atoms with van der Waals surface area (Å²) in [5.74, 6) is -0.134. The minimum atomic E-state index is -0.632. The van der Waals surface area contributed by atoms with Gasteiger partial charge < -0.3 is 15.2 Å². The molecule has 0 saturated heterocycles. The van der Waals surface area contributed by atoms with Crippen molar-refractivity contribution in [2.24, 2.45) is 0 Å². The van der Waals surface area contributed by atoms with Crippen LogP contribution in [0.4, 0.5) is 10.1 Å². The van der Waals surface area contributed by atoms with E-state index >= 15 is 0 Å². The molecule has 0 unspecified atom stereocenters. The van der Waals surface area contributed by atoms with Crippen LogP contribution in [-0.4, -0.2) is 20.0 Å². The number of ketones is 1. The van der Waals surface area contributed by atoms with Crippen LogP contribution in [0.3, 0.4) is 0 Å². The number of rotatable bonds is 4. The molecule has 2 N–H and O–H groups in total. The van der Waals surface area contributed by atoms with E-state index in [1.165, 1.54) is 26.4 Å². The number of nitrogen functional groups attached to an aromatic ring is 1. The molecule has 0 aliphatic rings. The summed E-state index contributed by atoms with van der Waals surface area (Å²) >= 11 is 3.32. The first-order chi connectivity index (χ1) is 9.99. The standard InChI is InChI=1S/C15H13BrFNO3/c1-20-12-6-4-9(15(21-2)13(12)16)14(19)8-3-5-11(18)10(17)7-8/h3-7H,18H2,1-2H3.